The Morgan fingerprint density at radius 3 is 2.75 bits per heavy atom. The van der Waals surface area contributed by atoms with Gasteiger partial charge in [0.15, 0.2) is 0 Å². The third kappa shape index (κ3) is 1.70. The van der Waals surface area contributed by atoms with E-state index in [0.717, 1.165) is 17.7 Å². The van der Waals surface area contributed by atoms with Crippen molar-refractivity contribution < 1.29 is 9.18 Å². The second-order valence-corrected chi connectivity index (χ2v) is 4.58. The van der Waals surface area contributed by atoms with Gasteiger partial charge < -0.3 is 4.90 Å². The number of fused-ring (bicyclic) bond motifs is 1. The lowest BCUT2D eigenvalue weighted by Gasteiger charge is -2.38. The van der Waals surface area contributed by atoms with Crippen molar-refractivity contribution in [2.24, 2.45) is 5.92 Å². The van der Waals surface area contributed by atoms with Crippen LogP contribution in [0, 0.1) is 11.7 Å². The van der Waals surface area contributed by atoms with Gasteiger partial charge in [-0.3, -0.25) is 4.79 Å². The minimum atomic E-state index is -0.285. The molecule has 1 aliphatic rings. The second-order valence-electron chi connectivity index (χ2n) is 4.58. The van der Waals surface area contributed by atoms with Gasteiger partial charge in [-0.25, -0.2) is 4.39 Å². The Bertz CT molecular complexity index is 430. The summed E-state index contributed by atoms with van der Waals surface area (Å²) in [5.74, 6) is 0.0968. The van der Waals surface area contributed by atoms with Crippen molar-refractivity contribution in [3.63, 3.8) is 0 Å². The number of benzene rings is 1. The molecule has 2 atom stereocenters. The van der Waals surface area contributed by atoms with Gasteiger partial charge in [0.25, 0.3) is 0 Å². The van der Waals surface area contributed by atoms with Crippen molar-refractivity contribution in [2.45, 2.75) is 33.2 Å². The van der Waals surface area contributed by atoms with Crippen LogP contribution in [0.4, 0.5) is 10.1 Å². The number of halogens is 1. The zero-order valence-electron chi connectivity index (χ0n) is 9.83. The predicted molar refractivity (Wildman–Crippen MR) is 61.9 cm³/mol. The van der Waals surface area contributed by atoms with Gasteiger partial charge in [0.05, 0.1) is 5.69 Å². The molecule has 1 aliphatic heterocycles. The largest absolute Gasteiger partial charge is 0.309 e. The van der Waals surface area contributed by atoms with Gasteiger partial charge in [-0.1, -0.05) is 13.0 Å². The Morgan fingerprint density at radius 1 is 1.44 bits per heavy atom. The lowest BCUT2D eigenvalue weighted by atomic mass is 9.87. The maximum absolute atomic E-state index is 13.2. The van der Waals surface area contributed by atoms with Crippen LogP contribution in [0.3, 0.4) is 0 Å². The van der Waals surface area contributed by atoms with Gasteiger partial charge in [-0.2, -0.15) is 0 Å². The average molecular weight is 221 g/mol. The van der Waals surface area contributed by atoms with Crippen LogP contribution >= 0.6 is 0 Å². The molecule has 1 amide bonds. The summed E-state index contributed by atoms with van der Waals surface area (Å²) >= 11 is 0. The van der Waals surface area contributed by atoms with E-state index in [9.17, 15) is 9.18 Å². The summed E-state index contributed by atoms with van der Waals surface area (Å²) in [6.07, 6.45) is 0.903. The monoisotopic (exact) mass is 221 g/mol. The van der Waals surface area contributed by atoms with Crippen molar-refractivity contribution >= 4 is 11.6 Å². The maximum Gasteiger partial charge on any atom is 0.224 e. The summed E-state index contributed by atoms with van der Waals surface area (Å²) in [5, 5.41) is 0. The number of nitrogens with zero attached hydrogens (tertiary/aromatic N) is 1. The first kappa shape index (κ1) is 11.1. The number of carbonyl (C=O) groups excluding carboxylic acids is 1. The van der Waals surface area contributed by atoms with Crippen molar-refractivity contribution in [3.05, 3.63) is 29.6 Å². The number of hydrogen-bond acceptors (Lipinski definition) is 1. The van der Waals surface area contributed by atoms with Crippen molar-refractivity contribution in [1.82, 2.24) is 0 Å². The Hall–Kier alpha value is -1.38. The van der Waals surface area contributed by atoms with Crippen LogP contribution in [0.15, 0.2) is 18.2 Å². The van der Waals surface area contributed by atoms with Gasteiger partial charge in [0.1, 0.15) is 5.82 Å². The molecule has 16 heavy (non-hydrogen) atoms. The molecule has 0 bridgehead atoms. The minimum Gasteiger partial charge on any atom is -0.309 e. The Morgan fingerprint density at radius 2 is 2.12 bits per heavy atom. The molecule has 0 spiro atoms. The lowest BCUT2D eigenvalue weighted by molar-refractivity contribution is -0.117. The Kier molecular flexibility index (Phi) is 2.70. The highest BCUT2D eigenvalue weighted by Crippen LogP contribution is 2.34. The second kappa shape index (κ2) is 3.89. The standard InChI is InChI=1S/C13H16FNO/c1-8-6-11-4-5-12(14)7-13(11)15(9(8)2)10(3)16/h4-5,7-9H,6H2,1-3H3. The van der Waals surface area contributed by atoms with Crippen molar-refractivity contribution in [1.29, 1.82) is 0 Å². The molecule has 0 aliphatic carbocycles. The zero-order chi connectivity index (χ0) is 11.9. The van der Waals surface area contributed by atoms with E-state index in [-0.39, 0.29) is 17.8 Å². The molecule has 0 radical (unpaired) electrons. The third-order valence-corrected chi connectivity index (χ3v) is 3.42. The molecular formula is C13H16FNO. The molecule has 86 valence electrons. The molecule has 0 saturated heterocycles. The first-order valence-corrected chi connectivity index (χ1v) is 5.59. The highest BCUT2D eigenvalue weighted by molar-refractivity contribution is 5.93. The van der Waals surface area contributed by atoms with Gasteiger partial charge in [-0.05, 0) is 37.0 Å². The summed E-state index contributed by atoms with van der Waals surface area (Å²) in [6, 6.07) is 4.83. The maximum atomic E-state index is 13.2. The first-order chi connectivity index (χ1) is 7.50. The van der Waals surface area contributed by atoms with E-state index in [1.807, 2.05) is 6.92 Å². The zero-order valence-corrected chi connectivity index (χ0v) is 9.83. The molecule has 1 aromatic rings. The summed E-state index contributed by atoms with van der Waals surface area (Å²) < 4.78 is 13.2. The number of amides is 1. The van der Waals surface area contributed by atoms with Gasteiger partial charge in [0.2, 0.25) is 5.91 Å². The number of anilines is 1. The van der Waals surface area contributed by atoms with Crippen LogP contribution in [0.5, 0.6) is 0 Å². The smallest absolute Gasteiger partial charge is 0.224 e. The fourth-order valence-electron chi connectivity index (χ4n) is 2.38. The molecule has 0 aromatic heterocycles. The van der Waals surface area contributed by atoms with Gasteiger partial charge in [-0.15, -0.1) is 0 Å². The summed E-state index contributed by atoms with van der Waals surface area (Å²) in [6.45, 7) is 5.66. The Labute approximate surface area is 95.1 Å². The first-order valence-electron chi connectivity index (χ1n) is 5.59. The molecule has 1 heterocycles. The number of hydrogen-bond donors (Lipinski definition) is 0. The van der Waals surface area contributed by atoms with Gasteiger partial charge in [0, 0.05) is 13.0 Å². The van der Waals surface area contributed by atoms with Crippen LogP contribution in [-0.2, 0) is 11.2 Å². The van der Waals surface area contributed by atoms with Crippen molar-refractivity contribution in [2.75, 3.05) is 4.90 Å². The van der Waals surface area contributed by atoms with Crippen molar-refractivity contribution in [3.8, 4) is 0 Å². The number of carbonyl (C=O) groups is 1. The predicted octanol–water partition coefficient (Wildman–Crippen LogP) is 2.76. The van der Waals surface area contributed by atoms with Crippen LogP contribution in [0.1, 0.15) is 26.3 Å². The Balaban J connectivity index is 2.53. The normalized spacial score (nSPS) is 24.1. The fraction of sp³-hybridized carbons (Fsp3) is 0.462. The minimum absolute atomic E-state index is 0.0223. The van der Waals surface area contributed by atoms with E-state index in [1.165, 1.54) is 19.1 Å². The van der Waals surface area contributed by atoms with E-state index in [0.29, 0.717) is 5.92 Å². The summed E-state index contributed by atoms with van der Waals surface area (Å²) in [5.41, 5.74) is 1.79. The average Bonchev–Trinajstić information content (AvgIpc) is 2.20. The molecule has 1 aromatic carbocycles. The lowest BCUT2D eigenvalue weighted by Crippen LogP contribution is -2.45. The van der Waals surface area contributed by atoms with E-state index >= 15 is 0 Å². The summed E-state index contributed by atoms with van der Waals surface area (Å²) in [7, 11) is 0. The van der Waals surface area contributed by atoms with E-state index < -0.39 is 0 Å². The van der Waals surface area contributed by atoms with Gasteiger partial charge >= 0.3 is 0 Å². The molecule has 0 saturated carbocycles. The quantitative estimate of drug-likeness (QED) is 0.659. The molecule has 0 N–H and O–H groups in total. The third-order valence-electron chi connectivity index (χ3n) is 3.42. The van der Waals surface area contributed by atoms with Crippen LogP contribution in [0.2, 0.25) is 0 Å². The highest BCUT2D eigenvalue weighted by Gasteiger charge is 2.31. The van der Waals surface area contributed by atoms with Crippen LogP contribution in [0.25, 0.3) is 0 Å². The highest BCUT2D eigenvalue weighted by atomic mass is 19.1. The fourth-order valence-corrected chi connectivity index (χ4v) is 2.38. The molecular weight excluding hydrogens is 205 g/mol. The SMILES string of the molecule is CC(=O)N1c2cc(F)ccc2CC(C)C1C. The molecule has 3 heteroatoms. The van der Waals surface area contributed by atoms with Crippen LogP contribution < -0.4 is 4.90 Å². The number of rotatable bonds is 0. The van der Waals surface area contributed by atoms with Crippen LogP contribution in [-0.4, -0.2) is 11.9 Å². The molecule has 2 nitrogen and oxygen atoms in total. The van der Waals surface area contributed by atoms with E-state index in [1.54, 1.807) is 11.0 Å². The molecule has 2 rings (SSSR count). The summed E-state index contributed by atoms with van der Waals surface area (Å²) in [4.78, 5) is 13.3. The molecule has 0 fully saturated rings. The molecule has 2 unspecified atom stereocenters. The topological polar surface area (TPSA) is 20.3 Å². The van der Waals surface area contributed by atoms with E-state index in [2.05, 4.69) is 6.92 Å². The van der Waals surface area contributed by atoms with E-state index in [4.69, 9.17) is 0 Å².